The maximum absolute atomic E-state index is 12.7. The second kappa shape index (κ2) is 10.1. The lowest BCUT2D eigenvalue weighted by molar-refractivity contribution is -0.122. The van der Waals surface area contributed by atoms with Gasteiger partial charge < -0.3 is 19.7 Å². The Hall–Kier alpha value is -3.31. The van der Waals surface area contributed by atoms with Crippen LogP contribution in [0.4, 0.5) is 11.4 Å². The van der Waals surface area contributed by atoms with Crippen molar-refractivity contribution in [3.05, 3.63) is 90.0 Å². The van der Waals surface area contributed by atoms with Gasteiger partial charge in [-0.2, -0.15) is 0 Å². The maximum atomic E-state index is 12.7. The summed E-state index contributed by atoms with van der Waals surface area (Å²) in [6.45, 7) is 5.05. The molecule has 0 bridgehead atoms. The van der Waals surface area contributed by atoms with Crippen molar-refractivity contribution in [3.8, 4) is 5.75 Å². The Morgan fingerprint density at radius 2 is 1.65 bits per heavy atom. The molecule has 5 heteroatoms. The van der Waals surface area contributed by atoms with Crippen LogP contribution in [0.5, 0.6) is 5.75 Å². The summed E-state index contributed by atoms with van der Waals surface area (Å²) in [5.41, 5.74) is 4.16. The van der Waals surface area contributed by atoms with Crippen LogP contribution in [-0.2, 0) is 16.0 Å². The van der Waals surface area contributed by atoms with Gasteiger partial charge in [0.2, 0.25) is 0 Å². The number of nitrogens with zero attached hydrogens (tertiary/aromatic N) is 1. The van der Waals surface area contributed by atoms with Gasteiger partial charge in [0.25, 0.3) is 5.91 Å². The molecule has 1 atom stereocenters. The van der Waals surface area contributed by atoms with Crippen LogP contribution in [0, 0.1) is 0 Å². The zero-order valence-corrected chi connectivity index (χ0v) is 17.8. The molecular formula is C26H28N2O3. The lowest BCUT2D eigenvalue weighted by atomic mass is 10.0. The van der Waals surface area contributed by atoms with E-state index in [0.717, 1.165) is 55.4 Å². The van der Waals surface area contributed by atoms with Crippen LogP contribution >= 0.6 is 0 Å². The minimum absolute atomic E-state index is 0.173. The van der Waals surface area contributed by atoms with E-state index in [9.17, 15) is 4.79 Å². The molecule has 0 aromatic heterocycles. The van der Waals surface area contributed by atoms with E-state index in [0.29, 0.717) is 0 Å². The highest BCUT2D eigenvalue weighted by molar-refractivity contribution is 5.94. The third kappa shape index (κ3) is 5.64. The molecule has 1 aliphatic rings. The Bertz CT molecular complexity index is 983. The summed E-state index contributed by atoms with van der Waals surface area (Å²) in [5, 5.41) is 2.95. The van der Waals surface area contributed by atoms with E-state index in [4.69, 9.17) is 9.47 Å². The molecule has 1 N–H and O–H groups in total. The molecular weight excluding hydrogens is 388 g/mol. The maximum Gasteiger partial charge on any atom is 0.265 e. The van der Waals surface area contributed by atoms with Crippen molar-refractivity contribution >= 4 is 17.3 Å². The van der Waals surface area contributed by atoms with Gasteiger partial charge >= 0.3 is 0 Å². The van der Waals surface area contributed by atoms with Crippen LogP contribution in [0.25, 0.3) is 0 Å². The molecule has 160 valence electrons. The number of amides is 1. The number of anilines is 2. The SMILES string of the molecule is C[C@H](Oc1ccccc1Cc1ccccc1)C(=O)Nc1ccc(N2CCOCC2)cc1. The lowest BCUT2D eigenvalue weighted by Gasteiger charge is -2.29. The fourth-order valence-electron chi connectivity index (χ4n) is 3.65. The van der Waals surface area contributed by atoms with Crippen LogP contribution in [0.3, 0.4) is 0 Å². The van der Waals surface area contributed by atoms with Crippen molar-refractivity contribution in [2.24, 2.45) is 0 Å². The summed E-state index contributed by atoms with van der Waals surface area (Å²) in [4.78, 5) is 15.0. The van der Waals surface area contributed by atoms with Gasteiger partial charge in [0.05, 0.1) is 13.2 Å². The molecule has 5 nitrogen and oxygen atoms in total. The highest BCUT2D eigenvalue weighted by Crippen LogP contribution is 2.23. The zero-order chi connectivity index (χ0) is 21.5. The van der Waals surface area contributed by atoms with Gasteiger partial charge in [-0.15, -0.1) is 0 Å². The molecule has 0 aliphatic carbocycles. The molecule has 1 amide bonds. The summed E-state index contributed by atoms with van der Waals surface area (Å²) < 4.78 is 11.4. The van der Waals surface area contributed by atoms with Crippen molar-refractivity contribution in [3.63, 3.8) is 0 Å². The molecule has 1 heterocycles. The van der Waals surface area contributed by atoms with Crippen molar-refractivity contribution in [2.75, 3.05) is 36.5 Å². The van der Waals surface area contributed by atoms with Gasteiger partial charge in [-0.1, -0.05) is 48.5 Å². The number of carbonyl (C=O) groups is 1. The summed E-state index contributed by atoms with van der Waals surface area (Å²) in [5.74, 6) is 0.560. The molecule has 0 saturated carbocycles. The number of hydrogen-bond donors (Lipinski definition) is 1. The largest absolute Gasteiger partial charge is 0.481 e. The van der Waals surface area contributed by atoms with Crippen molar-refractivity contribution in [2.45, 2.75) is 19.4 Å². The molecule has 3 aromatic rings. The Labute approximate surface area is 183 Å². The average molecular weight is 417 g/mol. The van der Waals surface area contributed by atoms with E-state index in [1.807, 2.05) is 66.7 Å². The van der Waals surface area contributed by atoms with Crippen LogP contribution in [-0.4, -0.2) is 38.3 Å². The summed E-state index contributed by atoms with van der Waals surface area (Å²) >= 11 is 0. The number of para-hydroxylation sites is 1. The third-order valence-corrected chi connectivity index (χ3v) is 5.39. The average Bonchev–Trinajstić information content (AvgIpc) is 2.82. The smallest absolute Gasteiger partial charge is 0.265 e. The van der Waals surface area contributed by atoms with Gasteiger partial charge in [-0.25, -0.2) is 0 Å². The number of ether oxygens (including phenoxy) is 2. The molecule has 0 spiro atoms. The van der Waals surface area contributed by atoms with Gasteiger partial charge in [0, 0.05) is 30.9 Å². The number of carbonyl (C=O) groups excluding carboxylic acids is 1. The van der Waals surface area contributed by atoms with Gasteiger partial charge in [0.15, 0.2) is 6.10 Å². The minimum Gasteiger partial charge on any atom is -0.481 e. The third-order valence-electron chi connectivity index (χ3n) is 5.39. The fourth-order valence-corrected chi connectivity index (χ4v) is 3.65. The molecule has 1 saturated heterocycles. The fraction of sp³-hybridized carbons (Fsp3) is 0.269. The second-order valence-corrected chi connectivity index (χ2v) is 7.67. The molecule has 1 aliphatic heterocycles. The highest BCUT2D eigenvalue weighted by atomic mass is 16.5. The first-order valence-electron chi connectivity index (χ1n) is 10.7. The summed E-state index contributed by atoms with van der Waals surface area (Å²) in [6.07, 6.45) is 0.143. The zero-order valence-electron chi connectivity index (χ0n) is 17.8. The van der Waals surface area contributed by atoms with E-state index < -0.39 is 6.10 Å². The number of benzene rings is 3. The van der Waals surface area contributed by atoms with Crippen LogP contribution in [0.1, 0.15) is 18.1 Å². The standard InChI is InChI=1S/C26H28N2O3/c1-20(31-25-10-6-5-9-22(25)19-21-7-3-2-4-8-21)26(29)27-23-11-13-24(14-12-23)28-15-17-30-18-16-28/h2-14,20H,15-19H2,1H3,(H,27,29)/t20-/m0/s1. The molecule has 4 rings (SSSR count). The predicted molar refractivity (Wildman–Crippen MR) is 124 cm³/mol. The molecule has 3 aromatic carbocycles. The van der Waals surface area contributed by atoms with E-state index in [1.54, 1.807) is 6.92 Å². The van der Waals surface area contributed by atoms with E-state index in [1.165, 1.54) is 5.56 Å². The first-order chi connectivity index (χ1) is 15.2. The number of hydrogen-bond acceptors (Lipinski definition) is 4. The predicted octanol–water partition coefficient (Wildman–Crippen LogP) is 4.52. The minimum atomic E-state index is -0.615. The molecule has 31 heavy (non-hydrogen) atoms. The molecule has 0 radical (unpaired) electrons. The first-order valence-corrected chi connectivity index (χ1v) is 10.7. The van der Waals surface area contributed by atoms with E-state index >= 15 is 0 Å². The van der Waals surface area contributed by atoms with Crippen molar-refractivity contribution in [1.82, 2.24) is 0 Å². The van der Waals surface area contributed by atoms with Crippen molar-refractivity contribution < 1.29 is 14.3 Å². The molecule has 0 unspecified atom stereocenters. The first kappa shape index (κ1) is 20.9. The van der Waals surface area contributed by atoms with E-state index in [2.05, 4.69) is 22.3 Å². The van der Waals surface area contributed by atoms with Crippen molar-refractivity contribution in [1.29, 1.82) is 0 Å². The second-order valence-electron chi connectivity index (χ2n) is 7.67. The van der Waals surface area contributed by atoms with Gasteiger partial charge in [-0.05, 0) is 48.4 Å². The molecule has 1 fully saturated rings. The Balaban J connectivity index is 1.37. The monoisotopic (exact) mass is 416 g/mol. The Morgan fingerprint density at radius 3 is 2.39 bits per heavy atom. The van der Waals surface area contributed by atoms with Crippen LogP contribution in [0.15, 0.2) is 78.9 Å². The van der Waals surface area contributed by atoms with Crippen LogP contribution in [0.2, 0.25) is 0 Å². The van der Waals surface area contributed by atoms with Crippen LogP contribution < -0.4 is 15.0 Å². The Kier molecular flexibility index (Phi) is 6.85. The number of nitrogens with one attached hydrogen (secondary N) is 1. The lowest BCUT2D eigenvalue weighted by Crippen LogP contribution is -2.36. The normalized spacial score (nSPS) is 14.7. The summed E-state index contributed by atoms with van der Waals surface area (Å²) in [7, 11) is 0. The van der Waals surface area contributed by atoms with Gasteiger partial charge in [-0.3, -0.25) is 4.79 Å². The highest BCUT2D eigenvalue weighted by Gasteiger charge is 2.17. The number of rotatable bonds is 7. The summed E-state index contributed by atoms with van der Waals surface area (Å²) in [6, 6.07) is 26.0. The number of morpholine rings is 1. The van der Waals surface area contributed by atoms with Gasteiger partial charge in [0.1, 0.15) is 5.75 Å². The van der Waals surface area contributed by atoms with E-state index in [-0.39, 0.29) is 5.91 Å². The quantitative estimate of drug-likeness (QED) is 0.615. The topological polar surface area (TPSA) is 50.8 Å². The Morgan fingerprint density at radius 1 is 0.968 bits per heavy atom.